The molecule has 5 nitrogen and oxygen atoms in total. The molecule has 0 amide bonds. The van der Waals surface area contributed by atoms with E-state index in [1.165, 1.54) is 23.5 Å². The Balaban J connectivity index is 1.58. The monoisotopic (exact) mass is 458 g/mol. The van der Waals surface area contributed by atoms with Gasteiger partial charge in [-0.05, 0) is 31.2 Å². The second kappa shape index (κ2) is 8.58. The number of benzene rings is 2. The van der Waals surface area contributed by atoms with Crippen molar-refractivity contribution in [2.45, 2.75) is 26.1 Å². The second-order valence-electron chi connectivity index (χ2n) is 7.09. The molecule has 0 saturated heterocycles. The summed E-state index contributed by atoms with van der Waals surface area (Å²) in [5.74, 6) is -0.478. The maximum Gasteiger partial charge on any atom is 0.416 e. The Morgan fingerprint density at radius 2 is 1.81 bits per heavy atom. The zero-order valence-corrected chi connectivity index (χ0v) is 17.6. The lowest BCUT2D eigenvalue weighted by molar-refractivity contribution is -0.138. The van der Waals surface area contributed by atoms with Gasteiger partial charge in [0.05, 0.1) is 33.8 Å². The Kier molecular flexibility index (Phi) is 5.84. The second-order valence-corrected chi connectivity index (χ2v) is 8.17. The Bertz CT molecular complexity index is 1280. The summed E-state index contributed by atoms with van der Waals surface area (Å²) in [4.78, 5) is 20.8. The first kappa shape index (κ1) is 21.8. The molecule has 2 aromatic heterocycles. The molecule has 4 aromatic rings. The van der Waals surface area contributed by atoms with E-state index in [4.69, 9.17) is 9.84 Å². The number of halogens is 3. The molecule has 2 aromatic carbocycles. The van der Waals surface area contributed by atoms with Crippen LogP contribution in [0.1, 0.15) is 21.8 Å². The number of aryl methyl sites for hydroxylation is 1. The highest BCUT2D eigenvalue weighted by Crippen LogP contribution is 2.34. The summed E-state index contributed by atoms with van der Waals surface area (Å²) in [6.45, 7) is 1.99. The molecule has 1 N–H and O–H groups in total. The van der Waals surface area contributed by atoms with Crippen molar-refractivity contribution in [3.05, 3.63) is 76.4 Å². The van der Waals surface area contributed by atoms with Crippen LogP contribution in [0.5, 0.6) is 5.75 Å². The van der Waals surface area contributed by atoms with Crippen molar-refractivity contribution in [3.63, 3.8) is 0 Å². The standard InChI is InChI=1S/C23H17F3N2O3S/c1-13-20(32-22(27-13)14-6-8-15(9-7-14)23(24,25)26)12-31-19-10-16(11-21(29)30)28-18-5-3-2-4-17(18)19/h2-10H,11-12H2,1H3,(H,29,30). The summed E-state index contributed by atoms with van der Waals surface area (Å²) in [5.41, 5.74) is 1.62. The maximum absolute atomic E-state index is 12.8. The average molecular weight is 458 g/mol. The van der Waals surface area contributed by atoms with Crippen molar-refractivity contribution in [2.75, 3.05) is 0 Å². The van der Waals surface area contributed by atoms with Crippen molar-refractivity contribution in [1.82, 2.24) is 9.97 Å². The van der Waals surface area contributed by atoms with E-state index in [2.05, 4.69) is 9.97 Å². The average Bonchev–Trinajstić information content (AvgIpc) is 3.11. The summed E-state index contributed by atoms with van der Waals surface area (Å²) in [5, 5.41) is 10.5. The van der Waals surface area contributed by atoms with Crippen LogP contribution in [0.2, 0.25) is 0 Å². The number of aromatic nitrogens is 2. The van der Waals surface area contributed by atoms with Crippen LogP contribution in [0.4, 0.5) is 13.2 Å². The highest BCUT2D eigenvalue weighted by Gasteiger charge is 2.30. The van der Waals surface area contributed by atoms with Gasteiger partial charge in [-0.15, -0.1) is 11.3 Å². The molecule has 2 heterocycles. The summed E-state index contributed by atoms with van der Waals surface area (Å²) in [6.07, 6.45) is -4.61. The van der Waals surface area contributed by atoms with Gasteiger partial charge in [0.1, 0.15) is 17.4 Å². The number of hydrogen-bond donors (Lipinski definition) is 1. The molecule has 9 heteroatoms. The van der Waals surface area contributed by atoms with Gasteiger partial charge in [0, 0.05) is 17.0 Å². The predicted molar refractivity (Wildman–Crippen MR) is 115 cm³/mol. The Morgan fingerprint density at radius 1 is 1.09 bits per heavy atom. The molecule has 0 fully saturated rings. The van der Waals surface area contributed by atoms with Gasteiger partial charge in [-0.3, -0.25) is 9.78 Å². The van der Waals surface area contributed by atoms with Crippen LogP contribution < -0.4 is 4.74 Å². The van der Waals surface area contributed by atoms with Gasteiger partial charge in [0.15, 0.2) is 0 Å². The first-order chi connectivity index (χ1) is 15.2. The first-order valence-electron chi connectivity index (χ1n) is 9.58. The molecule has 0 radical (unpaired) electrons. The predicted octanol–water partition coefficient (Wildman–Crippen LogP) is 5.89. The molecule has 0 aliphatic rings. The largest absolute Gasteiger partial charge is 0.487 e. The number of carboxylic acid groups (broad SMARTS) is 1. The number of carboxylic acids is 1. The molecule has 0 spiro atoms. The van der Waals surface area contributed by atoms with E-state index in [0.717, 1.165) is 22.4 Å². The van der Waals surface area contributed by atoms with Gasteiger partial charge in [0.25, 0.3) is 0 Å². The molecular weight excluding hydrogens is 441 g/mol. The van der Waals surface area contributed by atoms with Crippen LogP contribution in [0.15, 0.2) is 54.6 Å². The van der Waals surface area contributed by atoms with Crippen LogP contribution >= 0.6 is 11.3 Å². The number of para-hydroxylation sites is 1. The fourth-order valence-electron chi connectivity index (χ4n) is 3.19. The zero-order valence-electron chi connectivity index (χ0n) is 16.8. The number of nitrogens with zero attached hydrogens (tertiary/aromatic N) is 2. The molecule has 0 saturated carbocycles. The van der Waals surface area contributed by atoms with Gasteiger partial charge in [-0.25, -0.2) is 4.98 Å². The van der Waals surface area contributed by atoms with Gasteiger partial charge < -0.3 is 9.84 Å². The van der Waals surface area contributed by atoms with Gasteiger partial charge in [-0.2, -0.15) is 13.2 Å². The Hall–Kier alpha value is -3.46. The number of alkyl halides is 3. The molecule has 0 unspecified atom stereocenters. The number of carbonyl (C=O) groups is 1. The lowest BCUT2D eigenvalue weighted by atomic mass is 10.1. The van der Waals surface area contributed by atoms with Crippen molar-refractivity contribution in [3.8, 4) is 16.3 Å². The van der Waals surface area contributed by atoms with Crippen molar-refractivity contribution in [2.24, 2.45) is 0 Å². The summed E-state index contributed by atoms with van der Waals surface area (Å²) < 4.78 is 44.4. The Morgan fingerprint density at radius 3 is 2.50 bits per heavy atom. The fraction of sp³-hybridized carbons (Fsp3) is 0.174. The lowest BCUT2D eigenvalue weighted by Crippen LogP contribution is -2.04. The minimum Gasteiger partial charge on any atom is -0.487 e. The van der Waals surface area contributed by atoms with Crippen LogP contribution in [-0.4, -0.2) is 21.0 Å². The van der Waals surface area contributed by atoms with Crippen LogP contribution in [-0.2, 0) is 24.0 Å². The van der Waals surface area contributed by atoms with E-state index in [1.807, 2.05) is 25.1 Å². The SMILES string of the molecule is Cc1nc(-c2ccc(C(F)(F)F)cc2)sc1COc1cc(CC(=O)O)nc2ccccc12. The third kappa shape index (κ3) is 4.72. The Labute approximate surface area is 185 Å². The lowest BCUT2D eigenvalue weighted by Gasteiger charge is -2.10. The molecular formula is C23H17F3N2O3S. The van der Waals surface area contributed by atoms with Gasteiger partial charge in [0.2, 0.25) is 0 Å². The molecule has 0 atom stereocenters. The third-order valence-corrected chi connectivity index (χ3v) is 5.95. The van der Waals surface area contributed by atoms with Crippen molar-refractivity contribution >= 4 is 28.2 Å². The highest BCUT2D eigenvalue weighted by molar-refractivity contribution is 7.15. The van der Waals surface area contributed by atoms with Gasteiger partial charge in [-0.1, -0.05) is 24.3 Å². The van der Waals surface area contributed by atoms with E-state index < -0.39 is 17.7 Å². The topological polar surface area (TPSA) is 72.3 Å². The summed E-state index contributed by atoms with van der Waals surface area (Å²) in [6, 6.07) is 13.8. The number of thiazole rings is 1. The molecule has 164 valence electrons. The van der Waals surface area contributed by atoms with E-state index in [0.29, 0.717) is 33.2 Å². The van der Waals surface area contributed by atoms with E-state index in [-0.39, 0.29) is 13.0 Å². The molecule has 0 bridgehead atoms. The minimum atomic E-state index is -4.39. The maximum atomic E-state index is 12.8. The number of fused-ring (bicyclic) bond motifs is 1. The minimum absolute atomic E-state index is 0.185. The van der Waals surface area contributed by atoms with Crippen LogP contribution in [0.25, 0.3) is 21.5 Å². The van der Waals surface area contributed by atoms with E-state index in [9.17, 15) is 18.0 Å². The summed E-state index contributed by atoms with van der Waals surface area (Å²) >= 11 is 1.34. The number of hydrogen-bond acceptors (Lipinski definition) is 5. The van der Waals surface area contributed by atoms with Crippen molar-refractivity contribution in [1.29, 1.82) is 0 Å². The van der Waals surface area contributed by atoms with Crippen molar-refractivity contribution < 1.29 is 27.8 Å². The van der Waals surface area contributed by atoms with E-state index in [1.54, 1.807) is 12.1 Å². The molecule has 0 aliphatic heterocycles. The van der Waals surface area contributed by atoms with Crippen LogP contribution in [0, 0.1) is 6.92 Å². The fourth-order valence-corrected chi connectivity index (χ4v) is 4.17. The zero-order chi connectivity index (χ0) is 22.9. The quantitative estimate of drug-likeness (QED) is 0.390. The third-order valence-electron chi connectivity index (χ3n) is 4.77. The molecule has 32 heavy (non-hydrogen) atoms. The number of aliphatic carboxylic acids is 1. The van der Waals surface area contributed by atoms with E-state index >= 15 is 0 Å². The normalized spacial score (nSPS) is 11.6. The van der Waals surface area contributed by atoms with Crippen LogP contribution in [0.3, 0.4) is 0 Å². The molecule has 4 rings (SSSR count). The smallest absolute Gasteiger partial charge is 0.416 e. The molecule has 0 aliphatic carbocycles. The van der Waals surface area contributed by atoms with Gasteiger partial charge >= 0.3 is 12.1 Å². The number of pyridine rings is 1. The summed E-state index contributed by atoms with van der Waals surface area (Å²) in [7, 11) is 0. The number of rotatable bonds is 6. The highest BCUT2D eigenvalue weighted by atomic mass is 32.1. The number of ether oxygens (including phenoxy) is 1. The first-order valence-corrected chi connectivity index (χ1v) is 10.4.